The first kappa shape index (κ1) is 17.1. The van der Waals surface area contributed by atoms with E-state index in [-0.39, 0.29) is 22.8 Å². The molecule has 2 aliphatic heterocycles. The van der Waals surface area contributed by atoms with E-state index in [2.05, 4.69) is 21.2 Å². The van der Waals surface area contributed by atoms with Crippen molar-refractivity contribution in [1.82, 2.24) is 0 Å². The monoisotopic (exact) mass is 439 g/mol. The van der Waals surface area contributed by atoms with E-state index in [9.17, 15) is 4.79 Å². The lowest BCUT2D eigenvalue weighted by Crippen LogP contribution is -2.27. The van der Waals surface area contributed by atoms with Gasteiger partial charge in [0.25, 0.3) is 0 Å². The summed E-state index contributed by atoms with van der Waals surface area (Å²) in [6, 6.07) is 11.2. The van der Waals surface area contributed by atoms with Gasteiger partial charge in [0.2, 0.25) is 12.7 Å². The molecule has 0 saturated carbocycles. The highest BCUT2D eigenvalue weighted by atomic mass is 79.9. The molecule has 2 aromatic carbocycles. The molecule has 0 saturated heterocycles. The molecule has 1 amide bonds. The van der Waals surface area contributed by atoms with E-state index < -0.39 is 0 Å². The number of amides is 1. The van der Waals surface area contributed by atoms with Gasteiger partial charge in [-0.1, -0.05) is 27.5 Å². The Hall–Kier alpha value is -1.37. The van der Waals surface area contributed by atoms with E-state index in [0.29, 0.717) is 11.4 Å². The molecule has 2 heterocycles. The molecule has 0 aromatic heterocycles. The number of alkyl halides is 1. The second-order valence-electron chi connectivity index (χ2n) is 5.89. The molecule has 0 radical (unpaired) electrons. The standard InChI is InChI=1S/C18H15BrClNO3S/c19-14-8-25-17(18(22)21-12-3-1-11(20)2-4-12)6-10-5-15-16(7-13(10)14)24-9-23-15/h1-5,7,14,17H,6,8-9H2,(H,21,22). The van der Waals surface area contributed by atoms with Gasteiger partial charge in [-0.2, -0.15) is 0 Å². The third kappa shape index (κ3) is 3.61. The van der Waals surface area contributed by atoms with Gasteiger partial charge in [-0.15, -0.1) is 11.8 Å². The molecular weight excluding hydrogens is 426 g/mol. The van der Waals surface area contributed by atoms with Crippen LogP contribution in [0.25, 0.3) is 0 Å². The van der Waals surface area contributed by atoms with Crippen LogP contribution in [0.4, 0.5) is 5.69 Å². The summed E-state index contributed by atoms with van der Waals surface area (Å²) in [6.45, 7) is 0.250. The molecule has 2 aromatic rings. The first-order valence-corrected chi connectivity index (χ1v) is 10.2. The molecule has 0 aliphatic carbocycles. The van der Waals surface area contributed by atoms with Crippen molar-refractivity contribution in [2.75, 3.05) is 17.9 Å². The number of carbonyl (C=O) groups is 1. The predicted molar refractivity (Wildman–Crippen MR) is 104 cm³/mol. The summed E-state index contributed by atoms with van der Waals surface area (Å²) in [5.41, 5.74) is 3.03. The Morgan fingerprint density at radius 2 is 1.92 bits per heavy atom. The van der Waals surface area contributed by atoms with E-state index in [4.69, 9.17) is 21.1 Å². The van der Waals surface area contributed by atoms with Crippen molar-refractivity contribution in [2.45, 2.75) is 16.5 Å². The number of carbonyl (C=O) groups excluding carboxylic acids is 1. The quantitative estimate of drug-likeness (QED) is 0.681. The Morgan fingerprint density at radius 3 is 2.68 bits per heavy atom. The largest absolute Gasteiger partial charge is 0.454 e. The number of fused-ring (bicyclic) bond motifs is 2. The SMILES string of the molecule is O=C(Nc1ccc(Cl)cc1)C1Cc2cc3c(cc2C(Br)CS1)OCO3. The molecule has 2 unspecified atom stereocenters. The number of rotatable bonds is 2. The molecule has 1 N–H and O–H groups in total. The minimum atomic E-state index is -0.169. The Balaban J connectivity index is 1.55. The van der Waals surface area contributed by atoms with Gasteiger partial charge in [0.1, 0.15) is 0 Å². The van der Waals surface area contributed by atoms with Gasteiger partial charge >= 0.3 is 0 Å². The Morgan fingerprint density at radius 1 is 1.20 bits per heavy atom. The number of nitrogens with one attached hydrogen (secondary N) is 1. The van der Waals surface area contributed by atoms with Crippen LogP contribution in [0.3, 0.4) is 0 Å². The van der Waals surface area contributed by atoms with E-state index in [1.54, 1.807) is 36.0 Å². The average Bonchev–Trinajstić information content (AvgIpc) is 3.00. The van der Waals surface area contributed by atoms with Crippen LogP contribution >= 0.6 is 39.3 Å². The van der Waals surface area contributed by atoms with Crippen LogP contribution in [0.15, 0.2) is 36.4 Å². The van der Waals surface area contributed by atoms with E-state index in [0.717, 1.165) is 28.5 Å². The van der Waals surface area contributed by atoms with Crippen molar-refractivity contribution in [2.24, 2.45) is 0 Å². The van der Waals surface area contributed by atoms with Gasteiger partial charge in [0, 0.05) is 21.3 Å². The fourth-order valence-electron chi connectivity index (χ4n) is 2.94. The van der Waals surface area contributed by atoms with E-state index in [1.807, 2.05) is 12.1 Å². The van der Waals surface area contributed by atoms with Crippen LogP contribution < -0.4 is 14.8 Å². The third-order valence-electron chi connectivity index (χ3n) is 4.23. The van der Waals surface area contributed by atoms with Gasteiger partial charge < -0.3 is 14.8 Å². The number of anilines is 1. The zero-order chi connectivity index (χ0) is 17.4. The molecule has 2 aliphatic rings. The van der Waals surface area contributed by atoms with Crippen LogP contribution in [0.5, 0.6) is 11.5 Å². The zero-order valence-electron chi connectivity index (χ0n) is 13.1. The highest BCUT2D eigenvalue weighted by molar-refractivity contribution is 9.09. The fourth-order valence-corrected chi connectivity index (χ4v) is 5.04. The summed E-state index contributed by atoms with van der Waals surface area (Å²) in [6.07, 6.45) is 0.651. The lowest BCUT2D eigenvalue weighted by atomic mass is 9.99. The number of hydrogen-bond acceptors (Lipinski definition) is 4. The molecule has 0 fully saturated rings. The summed E-state index contributed by atoms with van der Waals surface area (Å²) < 4.78 is 11.0. The van der Waals surface area contributed by atoms with Crippen LogP contribution in [0.2, 0.25) is 5.02 Å². The lowest BCUT2D eigenvalue weighted by molar-refractivity contribution is -0.115. The number of ether oxygens (including phenoxy) is 2. The minimum absolute atomic E-state index is 0.00228. The summed E-state index contributed by atoms with van der Waals surface area (Å²) in [5, 5.41) is 3.45. The number of halogens is 2. The summed E-state index contributed by atoms with van der Waals surface area (Å²) >= 11 is 11.3. The lowest BCUT2D eigenvalue weighted by Gasteiger charge is -2.15. The molecule has 7 heteroatoms. The number of hydrogen-bond donors (Lipinski definition) is 1. The van der Waals surface area contributed by atoms with E-state index >= 15 is 0 Å². The number of benzene rings is 2. The van der Waals surface area contributed by atoms with Gasteiger partial charge in [0.15, 0.2) is 11.5 Å². The fraction of sp³-hybridized carbons (Fsp3) is 0.278. The highest BCUT2D eigenvalue weighted by Gasteiger charge is 2.30. The second kappa shape index (κ2) is 7.09. The molecule has 4 nitrogen and oxygen atoms in total. The van der Waals surface area contributed by atoms with E-state index in [1.165, 1.54) is 5.56 Å². The van der Waals surface area contributed by atoms with Crippen molar-refractivity contribution in [1.29, 1.82) is 0 Å². The molecular formula is C18H15BrClNO3S. The first-order valence-electron chi connectivity index (χ1n) is 7.84. The Kier molecular flexibility index (Phi) is 4.84. The van der Waals surface area contributed by atoms with Crippen molar-refractivity contribution >= 4 is 50.9 Å². The zero-order valence-corrected chi connectivity index (χ0v) is 16.3. The topological polar surface area (TPSA) is 47.6 Å². The van der Waals surface area contributed by atoms with Crippen LogP contribution in [-0.2, 0) is 11.2 Å². The molecule has 4 rings (SSSR count). The molecule has 25 heavy (non-hydrogen) atoms. The van der Waals surface area contributed by atoms with Gasteiger partial charge in [0.05, 0.1) is 5.25 Å². The summed E-state index contributed by atoms with van der Waals surface area (Å²) in [7, 11) is 0. The smallest absolute Gasteiger partial charge is 0.237 e. The maximum Gasteiger partial charge on any atom is 0.237 e. The van der Waals surface area contributed by atoms with Gasteiger partial charge in [-0.25, -0.2) is 0 Å². The van der Waals surface area contributed by atoms with Crippen molar-refractivity contribution in [3.63, 3.8) is 0 Å². The predicted octanol–water partition coefficient (Wildman–Crippen LogP) is 4.80. The Bertz CT molecular complexity index is 815. The third-order valence-corrected chi connectivity index (χ3v) is 7.03. The maximum absolute atomic E-state index is 12.7. The normalized spacial score (nSPS) is 21.4. The maximum atomic E-state index is 12.7. The minimum Gasteiger partial charge on any atom is -0.454 e. The number of thioether (sulfide) groups is 1. The van der Waals surface area contributed by atoms with Gasteiger partial charge in [-0.3, -0.25) is 4.79 Å². The molecule has 0 spiro atoms. The van der Waals surface area contributed by atoms with Crippen molar-refractivity contribution in [3.05, 3.63) is 52.5 Å². The molecule has 130 valence electrons. The van der Waals surface area contributed by atoms with Crippen LogP contribution in [0.1, 0.15) is 16.0 Å². The van der Waals surface area contributed by atoms with Crippen molar-refractivity contribution < 1.29 is 14.3 Å². The summed E-state index contributed by atoms with van der Waals surface area (Å²) in [4.78, 5) is 12.9. The van der Waals surface area contributed by atoms with Crippen molar-refractivity contribution in [3.8, 4) is 11.5 Å². The molecule has 0 bridgehead atoms. The Labute approximate surface area is 163 Å². The van der Waals surface area contributed by atoms with Gasteiger partial charge in [-0.05, 0) is 53.9 Å². The molecule has 2 atom stereocenters. The van der Waals surface area contributed by atoms with Crippen LogP contribution in [0, 0.1) is 0 Å². The average molecular weight is 441 g/mol. The highest BCUT2D eigenvalue weighted by Crippen LogP contribution is 2.43. The van der Waals surface area contributed by atoms with Crippen LogP contribution in [-0.4, -0.2) is 23.7 Å². The second-order valence-corrected chi connectivity index (χ2v) is 8.67. The first-order chi connectivity index (χ1) is 12.1. The summed E-state index contributed by atoms with van der Waals surface area (Å²) in [5.74, 6) is 2.34.